The maximum atomic E-state index is 13.5. The molecule has 28 heavy (non-hydrogen) atoms. The van der Waals surface area contributed by atoms with Gasteiger partial charge in [0.15, 0.2) is 0 Å². The van der Waals surface area contributed by atoms with E-state index in [2.05, 4.69) is 5.32 Å². The normalized spacial score (nSPS) is 10.8. The number of likely N-dealkylation sites (N-methyl/N-ethyl adjacent to an activating group) is 1. The molecule has 1 amide bonds. The van der Waals surface area contributed by atoms with Crippen LogP contribution >= 0.6 is 11.6 Å². The number of rotatable bonds is 10. The van der Waals surface area contributed by atoms with E-state index in [1.54, 1.807) is 36.3 Å². The fourth-order valence-electron chi connectivity index (χ4n) is 2.75. The van der Waals surface area contributed by atoms with Crippen LogP contribution in [0.25, 0.3) is 0 Å². The molecule has 2 aromatic carbocycles. The van der Waals surface area contributed by atoms with Crippen LogP contribution in [0, 0.1) is 5.82 Å². The minimum absolute atomic E-state index is 0.000365. The number of hydrogen-bond donors (Lipinski definition) is 1. The molecule has 0 saturated carbocycles. The van der Waals surface area contributed by atoms with Gasteiger partial charge in [0, 0.05) is 37.6 Å². The van der Waals surface area contributed by atoms with E-state index < -0.39 is 0 Å². The van der Waals surface area contributed by atoms with Gasteiger partial charge >= 0.3 is 0 Å². The smallest absolute Gasteiger partial charge is 0.224 e. The van der Waals surface area contributed by atoms with E-state index in [1.165, 1.54) is 12.1 Å². The quantitative estimate of drug-likeness (QED) is 0.649. The number of nitrogens with one attached hydrogen (secondary N) is 1. The number of methoxy groups -OCH3 is 1. The van der Waals surface area contributed by atoms with Crippen molar-refractivity contribution in [2.24, 2.45) is 0 Å². The lowest BCUT2D eigenvalue weighted by atomic mass is 10.2. The molecule has 0 aliphatic rings. The third-order valence-corrected chi connectivity index (χ3v) is 4.48. The summed E-state index contributed by atoms with van der Waals surface area (Å²) >= 11 is 6.03. The third kappa shape index (κ3) is 7.02. The first-order chi connectivity index (χ1) is 13.4. The number of carbonyl (C=O) groups is 1. The average molecular weight is 408 g/mol. The van der Waals surface area contributed by atoms with E-state index in [4.69, 9.17) is 16.3 Å². The van der Waals surface area contributed by atoms with Gasteiger partial charge in [-0.25, -0.2) is 4.39 Å². The van der Waals surface area contributed by atoms with Gasteiger partial charge in [-0.15, -0.1) is 0 Å². The number of anilines is 1. The van der Waals surface area contributed by atoms with Gasteiger partial charge in [-0.05, 0) is 50.0 Å². The molecule has 0 fully saturated rings. The van der Waals surface area contributed by atoms with E-state index in [1.807, 2.05) is 25.1 Å². The van der Waals surface area contributed by atoms with Gasteiger partial charge in [-0.1, -0.05) is 23.7 Å². The maximum absolute atomic E-state index is 13.5. The van der Waals surface area contributed by atoms with E-state index in [-0.39, 0.29) is 11.7 Å². The zero-order valence-electron chi connectivity index (χ0n) is 16.5. The predicted octanol–water partition coefficient (Wildman–Crippen LogP) is 3.88. The molecule has 0 bridgehead atoms. The van der Waals surface area contributed by atoms with Crippen LogP contribution in [-0.2, 0) is 11.3 Å². The molecule has 7 heteroatoms. The van der Waals surface area contributed by atoms with Crippen molar-refractivity contribution >= 4 is 23.2 Å². The molecule has 0 atom stereocenters. The summed E-state index contributed by atoms with van der Waals surface area (Å²) in [5.41, 5.74) is 1.52. The van der Waals surface area contributed by atoms with Crippen molar-refractivity contribution < 1.29 is 13.9 Å². The summed E-state index contributed by atoms with van der Waals surface area (Å²) in [6.45, 7) is 2.13. The molecular weight excluding hydrogens is 381 g/mol. The molecule has 2 rings (SSSR count). The Labute approximate surface area is 171 Å². The number of carbonyl (C=O) groups excluding carboxylic acids is 1. The minimum Gasteiger partial charge on any atom is -0.495 e. The second-order valence-corrected chi connectivity index (χ2v) is 7.21. The van der Waals surface area contributed by atoms with Crippen LogP contribution in [-0.4, -0.2) is 56.5 Å². The second kappa shape index (κ2) is 10.9. The standard InChI is InChI=1S/C21H27ClFN3O2/c1-25(2)11-12-26(15-16-5-4-6-18(23)13-16)21(27)9-10-24-19-14-17(22)7-8-20(19)28-3/h4-8,13-14,24H,9-12,15H2,1-3H3. The Morgan fingerprint density at radius 2 is 1.96 bits per heavy atom. The lowest BCUT2D eigenvalue weighted by molar-refractivity contribution is -0.131. The van der Waals surface area contributed by atoms with Gasteiger partial charge in [0.25, 0.3) is 0 Å². The molecule has 0 aliphatic carbocycles. The Morgan fingerprint density at radius 1 is 1.18 bits per heavy atom. The zero-order valence-corrected chi connectivity index (χ0v) is 17.3. The lowest BCUT2D eigenvalue weighted by Gasteiger charge is -2.25. The molecule has 0 spiro atoms. The highest BCUT2D eigenvalue weighted by Crippen LogP contribution is 2.27. The number of nitrogens with zero attached hydrogens (tertiary/aromatic N) is 2. The van der Waals surface area contributed by atoms with Crippen LogP contribution in [0.15, 0.2) is 42.5 Å². The first-order valence-corrected chi connectivity index (χ1v) is 9.51. The van der Waals surface area contributed by atoms with Crippen molar-refractivity contribution in [3.05, 3.63) is 58.9 Å². The first kappa shape index (κ1) is 22.0. The Hall–Kier alpha value is -2.31. The highest BCUT2D eigenvalue weighted by molar-refractivity contribution is 6.30. The number of benzene rings is 2. The summed E-state index contributed by atoms with van der Waals surface area (Å²) in [6, 6.07) is 11.6. The van der Waals surface area contributed by atoms with Gasteiger partial charge < -0.3 is 19.9 Å². The summed E-state index contributed by atoms with van der Waals surface area (Å²) in [7, 11) is 5.50. The minimum atomic E-state index is -0.299. The summed E-state index contributed by atoms with van der Waals surface area (Å²) in [5, 5.41) is 3.79. The molecule has 0 radical (unpaired) electrons. The maximum Gasteiger partial charge on any atom is 0.224 e. The highest BCUT2D eigenvalue weighted by Gasteiger charge is 2.15. The van der Waals surface area contributed by atoms with Gasteiger partial charge in [0.1, 0.15) is 11.6 Å². The van der Waals surface area contributed by atoms with Crippen molar-refractivity contribution in [2.75, 3.05) is 46.2 Å². The molecule has 0 aromatic heterocycles. The van der Waals surface area contributed by atoms with E-state index in [0.29, 0.717) is 36.8 Å². The van der Waals surface area contributed by atoms with Gasteiger partial charge in [0.2, 0.25) is 5.91 Å². The highest BCUT2D eigenvalue weighted by atomic mass is 35.5. The zero-order chi connectivity index (χ0) is 20.5. The topological polar surface area (TPSA) is 44.8 Å². The lowest BCUT2D eigenvalue weighted by Crippen LogP contribution is -2.37. The van der Waals surface area contributed by atoms with Crippen molar-refractivity contribution in [3.63, 3.8) is 0 Å². The van der Waals surface area contributed by atoms with Crippen molar-refractivity contribution in [1.29, 1.82) is 0 Å². The Morgan fingerprint density at radius 3 is 2.64 bits per heavy atom. The molecule has 1 N–H and O–H groups in total. The van der Waals surface area contributed by atoms with Gasteiger partial charge in [-0.2, -0.15) is 0 Å². The van der Waals surface area contributed by atoms with Gasteiger partial charge in [0.05, 0.1) is 12.8 Å². The predicted molar refractivity (Wildman–Crippen MR) is 111 cm³/mol. The Balaban J connectivity index is 1.98. The fraction of sp³-hybridized carbons (Fsp3) is 0.381. The van der Waals surface area contributed by atoms with Crippen molar-refractivity contribution in [1.82, 2.24) is 9.80 Å². The molecule has 0 heterocycles. The van der Waals surface area contributed by atoms with Crippen LogP contribution in [0.3, 0.4) is 0 Å². The van der Waals surface area contributed by atoms with Gasteiger partial charge in [-0.3, -0.25) is 4.79 Å². The Kier molecular flexibility index (Phi) is 8.54. The van der Waals surface area contributed by atoms with Crippen molar-refractivity contribution in [2.45, 2.75) is 13.0 Å². The second-order valence-electron chi connectivity index (χ2n) is 6.77. The molecule has 152 valence electrons. The Bertz CT molecular complexity index is 786. The molecular formula is C21H27ClFN3O2. The fourth-order valence-corrected chi connectivity index (χ4v) is 2.92. The molecule has 0 saturated heterocycles. The molecule has 2 aromatic rings. The van der Waals surface area contributed by atoms with Crippen LogP contribution in [0.1, 0.15) is 12.0 Å². The number of halogens is 2. The average Bonchev–Trinajstić information content (AvgIpc) is 2.65. The largest absolute Gasteiger partial charge is 0.495 e. The number of hydrogen-bond acceptors (Lipinski definition) is 4. The van der Waals surface area contributed by atoms with Crippen LogP contribution in [0.4, 0.5) is 10.1 Å². The molecule has 0 aliphatic heterocycles. The number of amides is 1. The van der Waals surface area contributed by atoms with Crippen molar-refractivity contribution in [3.8, 4) is 5.75 Å². The van der Waals surface area contributed by atoms with E-state index in [9.17, 15) is 9.18 Å². The first-order valence-electron chi connectivity index (χ1n) is 9.13. The van der Waals surface area contributed by atoms with Crippen LogP contribution < -0.4 is 10.1 Å². The third-order valence-electron chi connectivity index (χ3n) is 4.25. The summed E-state index contributed by atoms with van der Waals surface area (Å²) in [5.74, 6) is 0.368. The summed E-state index contributed by atoms with van der Waals surface area (Å²) < 4.78 is 18.8. The van der Waals surface area contributed by atoms with E-state index >= 15 is 0 Å². The summed E-state index contributed by atoms with van der Waals surface area (Å²) in [6.07, 6.45) is 0.304. The van der Waals surface area contributed by atoms with Crippen LogP contribution in [0.2, 0.25) is 5.02 Å². The SMILES string of the molecule is COc1ccc(Cl)cc1NCCC(=O)N(CCN(C)C)Cc1cccc(F)c1. The molecule has 5 nitrogen and oxygen atoms in total. The monoisotopic (exact) mass is 407 g/mol. The van der Waals surface area contributed by atoms with Crippen LogP contribution in [0.5, 0.6) is 5.75 Å². The number of ether oxygens (including phenoxy) is 1. The molecule has 0 unspecified atom stereocenters. The van der Waals surface area contributed by atoms with E-state index in [0.717, 1.165) is 17.8 Å². The summed E-state index contributed by atoms with van der Waals surface area (Å²) in [4.78, 5) is 16.5.